The van der Waals surface area contributed by atoms with Crippen LogP contribution in [0.15, 0.2) is 46.4 Å². The van der Waals surface area contributed by atoms with Gasteiger partial charge in [-0.2, -0.15) is 4.73 Å². The van der Waals surface area contributed by atoms with E-state index >= 15 is 0 Å². The summed E-state index contributed by atoms with van der Waals surface area (Å²) in [5.74, 6) is 0.165. The maximum Gasteiger partial charge on any atom is 0.253 e. The molecule has 0 aliphatic heterocycles. The second kappa shape index (κ2) is 10.7. The Hall–Kier alpha value is -3.02. The van der Waals surface area contributed by atoms with E-state index in [0.29, 0.717) is 23.7 Å². The van der Waals surface area contributed by atoms with Crippen LogP contribution in [0.4, 0.5) is 0 Å². The van der Waals surface area contributed by atoms with Crippen LogP contribution in [-0.2, 0) is 11.3 Å². The minimum atomic E-state index is -0.229. The highest BCUT2D eigenvalue weighted by Gasteiger charge is 2.15. The predicted molar refractivity (Wildman–Crippen MR) is 121 cm³/mol. The molecular formula is C24H33N3O3. The first-order valence-electron chi connectivity index (χ1n) is 10.4. The lowest BCUT2D eigenvalue weighted by Crippen LogP contribution is -2.29. The highest BCUT2D eigenvalue weighted by Crippen LogP contribution is 2.17. The highest BCUT2D eigenvalue weighted by atomic mass is 16.7. The maximum atomic E-state index is 13.0. The van der Waals surface area contributed by atoms with Crippen molar-refractivity contribution in [1.29, 1.82) is 0 Å². The van der Waals surface area contributed by atoms with Crippen molar-refractivity contribution in [2.45, 2.75) is 54.5 Å². The number of hydrogen-bond donors (Lipinski definition) is 2. The number of pyridine rings is 1. The van der Waals surface area contributed by atoms with Gasteiger partial charge in [0.1, 0.15) is 6.61 Å². The van der Waals surface area contributed by atoms with Gasteiger partial charge in [-0.05, 0) is 68.5 Å². The number of amides is 1. The van der Waals surface area contributed by atoms with Crippen molar-refractivity contribution in [2.24, 2.45) is 5.92 Å². The minimum Gasteiger partial charge on any atom is -0.414 e. The van der Waals surface area contributed by atoms with E-state index in [9.17, 15) is 9.59 Å². The number of carbonyl (C=O) groups excluding carboxylic acids is 1. The zero-order valence-electron chi connectivity index (χ0n) is 18.8. The summed E-state index contributed by atoms with van der Waals surface area (Å²) in [6.45, 7) is 12.6. The van der Waals surface area contributed by atoms with Gasteiger partial charge in [0, 0.05) is 29.6 Å². The van der Waals surface area contributed by atoms with Gasteiger partial charge in [0.15, 0.2) is 0 Å². The van der Waals surface area contributed by atoms with Crippen LogP contribution in [0.2, 0.25) is 0 Å². The van der Waals surface area contributed by atoms with E-state index in [0.717, 1.165) is 28.9 Å². The fraction of sp³-hybridized carbons (Fsp3) is 0.417. The van der Waals surface area contributed by atoms with E-state index in [1.54, 1.807) is 4.73 Å². The smallest absolute Gasteiger partial charge is 0.253 e. The molecule has 0 saturated heterocycles. The number of nitrogens with one attached hydrogen (secondary N) is 2. The number of H-pyrrole nitrogens is 1. The SMILES string of the molecule is CC/C=C(C)/C(=C\c1cccn1OCC(C)C)C(=O)NCc1c(C)cc(C)[nH]c1=O. The number of allylic oxidation sites excluding steroid dienone is 1. The molecule has 6 heteroatoms. The van der Waals surface area contributed by atoms with Crippen molar-refractivity contribution >= 4 is 12.0 Å². The average molecular weight is 412 g/mol. The Morgan fingerprint density at radius 1 is 1.33 bits per heavy atom. The van der Waals surface area contributed by atoms with Gasteiger partial charge in [-0.3, -0.25) is 9.59 Å². The molecule has 2 N–H and O–H groups in total. The fourth-order valence-corrected chi connectivity index (χ4v) is 3.13. The largest absolute Gasteiger partial charge is 0.414 e. The number of aromatic nitrogens is 2. The summed E-state index contributed by atoms with van der Waals surface area (Å²) < 4.78 is 1.68. The first kappa shape index (κ1) is 23.3. The maximum absolute atomic E-state index is 13.0. The second-order valence-electron chi connectivity index (χ2n) is 7.93. The van der Waals surface area contributed by atoms with E-state index in [1.165, 1.54) is 0 Å². The Kier molecular flexibility index (Phi) is 8.27. The Balaban J connectivity index is 2.29. The van der Waals surface area contributed by atoms with Crippen LogP contribution < -0.4 is 15.7 Å². The molecule has 0 radical (unpaired) electrons. The summed E-state index contributed by atoms with van der Waals surface area (Å²) in [4.78, 5) is 33.9. The van der Waals surface area contributed by atoms with E-state index in [2.05, 4.69) is 24.1 Å². The number of nitrogens with zero attached hydrogens (tertiary/aromatic N) is 1. The van der Waals surface area contributed by atoms with Crippen LogP contribution in [-0.4, -0.2) is 22.2 Å². The Morgan fingerprint density at radius 2 is 2.07 bits per heavy atom. The van der Waals surface area contributed by atoms with Gasteiger partial charge < -0.3 is 15.1 Å². The fourth-order valence-electron chi connectivity index (χ4n) is 3.13. The molecule has 0 atom stereocenters. The normalized spacial score (nSPS) is 12.4. The minimum absolute atomic E-state index is 0.169. The Morgan fingerprint density at radius 3 is 2.70 bits per heavy atom. The molecule has 0 spiro atoms. The van der Waals surface area contributed by atoms with E-state index in [4.69, 9.17) is 4.84 Å². The van der Waals surface area contributed by atoms with Gasteiger partial charge in [-0.25, -0.2) is 0 Å². The van der Waals surface area contributed by atoms with Crippen LogP contribution in [0.25, 0.3) is 6.08 Å². The Bertz CT molecular complexity index is 993. The number of aromatic amines is 1. The van der Waals surface area contributed by atoms with Gasteiger partial charge in [0.05, 0.1) is 5.69 Å². The van der Waals surface area contributed by atoms with Gasteiger partial charge >= 0.3 is 0 Å². The molecule has 0 unspecified atom stereocenters. The molecule has 2 heterocycles. The summed E-state index contributed by atoms with van der Waals surface area (Å²) in [7, 11) is 0. The summed E-state index contributed by atoms with van der Waals surface area (Å²) in [5.41, 5.74) is 4.27. The van der Waals surface area contributed by atoms with Crippen LogP contribution in [0.1, 0.15) is 56.6 Å². The highest BCUT2D eigenvalue weighted by molar-refractivity contribution is 6.01. The summed E-state index contributed by atoms with van der Waals surface area (Å²) in [6, 6.07) is 5.69. The van der Waals surface area contributed by atoms with Crippen molar-refractivity contribution in [3.05, 3.63) is 74.5 Å². The number of aryl methyl sites for hydroxylation is 2. The van der Waals surface area contributed by atoms with Crippen LogP contribution in [0.3, 0.4) is 0 Å². The van der Waals surface area contributed by atoms with Crippen LogP contribution in [0.5, 0.6) is 0 Å². The number of carbonyl (C=O) groups is 1. The van der Waals surface area contributed by atoms with Crippen LogP contribution >= 0.6 is 0 Å². The van der Waals surface area contributed by atoms with Crippen LogP contribution in [0, 0.1) is 19.8 Å². The molecule has 0 bridgehead atoms. The predicted octanol–water partition coefficient (Wildman–Crippen LogP) is 3.93. The summed E-state index contributed by atoms with van der Waals surface area (Å²) in [5, 5.41) is 2.90. The molecule has 6 nitrogen and oxygen atoms in total. The van der Waals surface area contributed by atoms with Crippen molar-refractivity contribution in [3.63, 3.8) is 0 Å². The first-order chi connectivity index (χ1) is 14.2. The van der Waals surface area contributed by atoms with E-state index in [1.807, 2.05) is 64.2 Å². The molecule has 1 amide bonds. The molecule has 0 fully saturated rings. The molecule has 0 saturated carbocycles. The molecular weight excluding hydrogens is 378 g/mol. The molecule has 2 aromatic rings. The molecule has 2 aromatic heterocycles. The van der Waals surface area contributed by atoms with Crippen molar-refractivity contribution in [2.75, 3.05) is 6.61 Å². The van der Waals surface area contributed by atoms with Gasteiger partial charge in [0.25, 0.3) is 11.5 Å². The quantitative estimate of drug-likeness (QED) is 0.485. The molecule has 162 valence electrons. The van der Waals surface area contributed by atoms with Crippen molar-refractivity contribution in [1.82, 2.24) is 15.0 Å². The number of rotatable bonds is 9. The summed E-state index contributed by atoms with van der Waals surface area (Å²) in [6.07, 6.45) is 6.48. The lowest BCUT2D eigenvalue weighted by atomic mass is 10.0. The zero-order chi connectivity index (χ0) is 22.3. The monoisotopic (exact) mass is 411 g/mol. The third-order valence-electron chi connectivity index (χ3n) is 4.68. The molecule has 0 aliphatic carbocycles. The topological polar surface area (TPSA) is 76.1 Å². The zero-order valence-corrected chi connectivity index (χ0v) is 18.8. The first-order valence-corrected chi connectivity index (χ1v) is 10.4. The third-order valence-corrected chi connectivity index (χ3v) is 4.68. The second-order valence-corrected chi connectivity index (χ2v) is 7.93. The van der Waals surface area contributed by atoms with Crippen molar-refractivity contribution in [3.8, 4) is 0 Å². The molecule has 2 rings (SSSR count). The third kappa shape index (κ3) is 6.24. The van der Waals surface area contributed by atoms with Gasteiger partial charge in [-0.1, -0.05) is 26.8 Å². The standard InChI is InChI=1S/C24H33N3O3/c1-7-9-17(4)21(13-20-10-8-11-27(20)30-15-16(2)3)23(28)25-14-22-18(5)12-19(6)26-24(22)29/h8-13,16H,7,14-15H2,1-6H3,(H,25,28)(H,26,29)/b17-9+,21-13+. The van der Waals surface area contributed by atoms with E-state index < -0.39 is 0 Å². The van der Waals surface area contributed by atoms with Crippen molar-refractivity contribution < 1.29 is 9.63 Å². The molecule has 30 heavy (non-hydrogen) atoms. The molecule has 0 aliphatic rings. The Labute approximate surface area is 178 Å². The lowest BCUT2D eigenvalue weighted by Gasteiger charge is -2.14. The lowest BCUT2D eigenvalue weighted by molar-refractivity contribution is -0.117. The molecule has 0 aromatic carbocycles. The van der Waals surface area contributed by atoms with Gasteiger partial charge in [-0.15, -0.1) is 0 Å². The van der Waals surface area contributed by atoms with Gasteiger partial charge in [0.2, 0.25) is 0 Å². The summed E-state index contributed by atoms with van der Waals surface area (Å²) >= 11 is 0. The number of hydrogen-bond acceptors (Lipinski definition) is 3. The van der Waals surface area contributed by atoms with E-state index in [-0.39, 0.29) is 18.0 Å². The average Bonchev–Trinajstić information content (AvgIpc) is 3.10.